The predicted molar refractivity (Wildman–Crippen MR) is 48.4 cm³/mol. The number of hydrogen-bond donors (Lipinski definition) is 0. The average molecular weight is 220 g/mol. The van der Waals surface area contributed by atoms with Crippen LogP contribution in [0.2, 0.25) is 0 Å². The summed E-state index contributed by atoms with van der Waals surface area (Å²) >= 11 is 8.79. The van der Waals surface area contributed by atoms with E-state index < -0.39 is 0 Å². The number of anilines is 1. The third-order valence-electron chi connectivity index (χ3n) is 1.30. The van der Waals surface area contributed by atoms with Crippen LogP contribution in [0.25, 0.3) is 0 Å². The van der Waals surface area contributed by atoms with Gasteiger partial charge < -0.3 is 0 Å². The summed E-state index contributed by atoms with van der Waals surface area (Å²) in [6, 6.07) is 7.87. The standard InChI is InChI=1S/C7H7BrClN/c1-6-4-2-3-5-7(6)10(8)9/h2-5H,1H3. The van der Waals surface area contributed by atoms with Crippen molar-refractivity contribution in [1.29, 1.82) is 0 Å². The Hall–Kier alpha value is -0.210. The number of para-hydroxylation sites is 1. The Morgan fingerprint density at radius 3 is 2.40 bits per heavy atom. The van der Waals surface area contributed by atoms with Gasteiger partial charge in [0.05, 0.1) is 21.8 Å². The number of nitrogens with zero attached hydrogens (tertiary/aromatic N) is 1. The molecule has 0 fully saturated rings. The maximum Gasteiger partial charge on any atom is 0.0681 e. The molecule has 0 radical (unpaired) electrons. The van der Waals surface area contributed by atoms with Crippen molar-refractivity contribution in [3.8, 4) is 0 Å². The second-order valence-corrected chi connectivity index (χ2v) is 3.48. The summed E-state index contributed by atoms with van der Waals surface area (Å²) in [7, 11) is 0. The van der Waals surface area contributed by atoms with Crippen molar-refractivity contribution in [2.45, 2.75) is 6.92 Å². The normalized spacial score (nSPS) is 9.50. The Balaban J connectivity index is 3.03. The van der Waals surface area contributed by atoms with Crippen LogP contribution in [0, 0.1) is 6.92 Å². The molecule has 0 unspecified atom stereocenters. The van der Waals surface area contributed by atoms with Crippen molar-refractivity contribution >= 4 is 33.6 Å². The predicted octanol–water partition coefficient (Wildman–Crippen LogP) is 3.27. The molecule has 1 nitrogen and oxygen atoms in total. The Morgan fingerprint density at radius 1 is 1.40 bits per heavy atom. The fourth-order valence-electron chi connectivity index (χ4n) is 0.753. The molecule has 0 atom stereocenters. The largest absolute Gasteiger partial charge is 0.218 e. The highest BCUT2D eigenvalue weighted by Gasteiger charge is 1.99. The van der Waals surface area contributed by atoms with Gasteiger partial charge in [-0.3, -0.25) is 0 Å². The van der Waals surface area contributed by atoms with Gasteiger partial charge in [-0.15, -0.1) is 0 Å². The van der Waals surface area contributed by atoms with Gasteiger partial charge in [-0.1, -0.05) is 18.2 Å². The first kappa shape index (κ1) is 7.89. The SMILES string of the molecule is Cc1ccccc1N(Cl)Br. The number of rotatable bonds is 1. The Bertz CT molecular complexity index is 225. The zero-order valence-corrected chi connectivity index (χ0v) is 7.85. The molecular weight excluding hydrogens is 213 g/mol. The average Bonchev–Trinajstić information content (AvgIpc) is 1.88. The number of hydrogen-bond acceptors (Lipinski definition) is 1. The van der Waals surface area contributed by atoms with Gasteiger partial charge in [0.2, 0.25) is 0 Å². The van der Waals surface area contributed by atoms with E-state index in [2.05, 4.69) is 16.1 Å². The minimum atomic E-state index is 0.976. The number of halogens is 2. The molecule has 54 valence electrons. The van der Waals surface area contributed by atoms with E-state index in [1.54, 1.807) is 0 Å². The van der Waals surface area contributed by atoms with Gasteiger partial charge in [-0.05, 0) is 18.6 Å². The van der Waals surface area contributed by atoms with Crippen LogP contribution in [0.4, 0.5) is 5.69 Å². The molecule has 0 aromatic heterocycles. The lowest BCUT2D eigenvalue weighted by atomic mass is 10.2. The van der Waals surface area contributed by atoms with Crippen molar-refractivity contribution < 1.29 is 0 Å². The van der Waals surface area contributed by atoms with Crippen LogP contribution in [0.15, 0.2) is 24.3 Å². The molecule has 0 amide bonds. The summed E-state index contributed by atoms with van der Waals surface area (Å²) in [5.74, 6) is 0. The maximum atomic E-state index is 5.66. The minimum Gasteiger partial charge on any atom is -0.218 e. The Labute approximate surface area is 74.0 Å². The summed E-state index contributed by atoms with van der Waals surface area (Å²) in [4.78, 5) is 0. The molecule has 0 heterocycles. The van der Waals surface area contributed by atoms with Gasteiger partial charge in [0.1, 0.15) is 0 Å². The second kappa shape index (κ2) is 3.26. The highest BCUT2D eigenvalue weighted by atomic mass is 79.9. The molecule has 1 rings (SSSR count). The van der Waals surface area contributed by atoms with E-state index in [-0.39, 0.29) is 0 Å². The number of aryl methyl sites for hydroxylation is 1. The highest BCUT2D eigenvalue weighted by molar-refractivity contribution is 9.10. The van der Waals surface area contributed by atoms with Crippen molar-refractivity contribution in [3.05, 3.63) is 29.8 Å². The van der Waals surface area contributed by atoms with E-state index in [0.29, 0.717) is 0 Å². The highest BCUT2D eigenvalue weighted by Crippen LogP contribution is 2.23. The van der Waals surface area contributed by atoms with Crippen molar-refractivity contribution in [3.63, 3.8) is 0 Å². The second-order valence-electron chi connectivity index (χ2n) is 2.02. The molecule has 1 aromatic carbocycles. The monoisotopic (exact) mass is 219 g/mol. The zero-order valence-electron chi connectivity index (χ0n) is 5.51. The van der Waals surface area contributed by atoms with Crippen LogP contribution >= 0.6 is 27.9 Å². The topological polar surface area (TPSA) is 3.24 Å². The zero-order chi connectivity index (χ0) is 7.56. The van der Waals surface area contributed by atoms with Gasteiger partial charge >= 0.3 is 0 Å². The summed E-state index contributed by atoms with van der Waals surface area (Å²) < 4.78 is 1.41. The first-order chi connectivity index (χ1) is 4.72. The summed E-state index contributed by atoms with van der Waals surface area (Å²) in [6.45, 7) is 2.01. The van der Waals surface area contributed by atoms with Crippen LogP contribution in [0.3, 0.4) is 0 Å². The molecule has 0 saturated carbocycles. The molecular formula is C7H7BrClN. The molecule has 0 spiro atoms. The maximum absolute atomic E-state index is 5.66. The molecule has 10 heavy (non-hydrogen) atoms. The summed E-state index contributed by atoms with van der Waals surface area (Å²) in [5, 5.41) is 0. The molecule has 0 N–H and O–H groups in total. The Kier molecular flexibility index (Phi) is 2.57. The molecule has 0 aliphatic rings. The first-order valence-electron chi connectivity index (χ1n) is 2.89. The van der Waals surface area contributed by atoms with E-state index in [1.165, 1.54) is 3.45 Å². The van der Waals surface area contributed by atoms with Gasteiger partial charge in [-0.25, -0.2) is 3.45 Å². The fourth-order valence-corrected chi connectivity index (χ4v) is 1.34. The molecule has 0 aliphatic heterocycles. The first-order valence-corrected chi connectivity index (χ1v) is 3.94. The van der Waals surface area contributed by atoms with E-state index in [0.717, 1.165) is 11.3 Å². The Morgan fingerprint density at radius 2 is 2.00 bits per heavy atom. The third kappa shape index (κ3) is 1.64. The lowest BCUT2D eigenvalue weighted by molar-refractivity contribution is 1.44. The van der Waals surface area contributed by atoms with Gasteiger partial charge in [0.25, 0.3) is 0 Å². The van der Waals surface area contributed by atoms with Crippen LogP contribution in [-0.4, -0.2) is 0 Å². The molecule has 0 saturated heterocycles. The van der Waals surface area contributed by atoms with Gasteiger partial charge in [-0.2, -0.15) is 0 Å². The van der Waals surface area contributed by atoms with Crippen LogP contribution < -0.4 is 3.45 Å². The smallest absolute Gasteiger partial charge is 0.0681 e. The van der Waals surface area contributed by atoms with Crippen LogP contribution in [0.5, 0.6) is 0 Å². The third-order valence-corrected chi connectivity index (χ3v) is 1.86. The van der Waals surface area contributed by atoms with Gasteiger partial charge in [0.15, 0.2) is 0 Å². The van der Waals surface area contributed by atoms with Crippen LogP contribution in [-0.2, 0) is 0 Å². The van der Waals surface area contributed by atoms with E-state index in [1.807, 2.05) is 31.2 Å². The quantitative estimate of drug-likeness (QED) is 0.657. The molecule has 3 heteroatoms. The van der Waals surface area contributed by atoms with E-state index in [9.17, 15) is 0 Å². The van der Waals surface area contributed by atoms with E-state index >= 15 is 0 Å². The van der Waals surface area contributed by atoms with E-state index in [4.69, 9.17) is 11.8 Å². The van der Waals surface area contributed by atoms with Crippen molar-refractivity contribution in [1.82, 2.24) is 0 Å². The van der Waals surface area contributed by atoms with Gasteiger partial charge in [0, 0.05) is 11.8 Å². The summed E-state index contributed by atoms with van der Waals surface area (Å²) in [6.07, 6.45) is 0. The molecule has 0 bridgehead atoms. The van der Waals surface area contributed by atoms with Crippen LogP contribution in [0.1, 0.15) is 5.56 Å². The molecule has 0 aliphatic carbocycles. The minimum absolute atomic E-state index is 0.976. The van der Waals surface area contributed by atoms with Crippen molar-refractivity contribution in [2.24, 2.45) is 0 Å². The van der Waals surface area contributed by atoms with Crippen molar-refractivity contribution in [2.75, 3.05) is 3.45 Å². The summed E-state index contributed by atoms with van der Waals surface area (Å²) in [5.41, 5.74) is 2.12. The lowest BCUT2D eigenvalue weighted by Crippen LogP contribution is -1.92. The molecule has 1 aromatic rings. The lowest BCUT2D eigenvalue weighted by Gasteiger charge is -2.07. The fraction of sp³-hybridized carbons (Fsp3) is 0.143. The number of benzene rings is 1.